The molecule has 1 fully saturated rings. The molecule has 1 amide bonds. The van der Waals surface area contributed by atoms with Crippen LogP contribution in [-0.4, -0.2) is 31.5 Å². The largest absolute Gasteiger partial charge is 0.273 e. The third kappa shape index (κ3) is 4.39. The van der Waals surface area contributed by atoms with Crippen molar-refractivity contribution in [1.29, 1.82) is 0 Å². The lowest BCUT2D eigenvalue weighted by molar-refractivity contribution is -0.121. The normalized spacial score (nSPS) is 21.9. The molecule has 1 saturated heterocycles. The van der Waals surface area contributed by atoms with Crippen LogP contribution < -0.4 is 5.43 Å². The van der Waals surface area contributed by atoms with Crippen LogP contribution in [-0.2, 0) is 14.6 Å². The summed E-state index contributed by atoms with van der Waals surface area (Å²) in [5.41, 5.74) is 3.22. The van der Waals surface area contributed by atoms with Gasteiger partial charge in [0.15, 0.2) is 9.84 Å². The molecule has 20 heavy (non-hydrogen) atoms. The van der Waals surface area contributed by atoms with Gasteiger partial charge >= 0.3 is 0 Å². The van der Waals surface area contributed by atoms with E-state index in [9.17, 15) is 13.2 Å². The van der Waals surface area contributed by atoms with Gasteiger partial charge in [-0.2, -0.15) is 5.10 Å². The molecular formula is C12H15BrN2O3S2. The van der Waals surface area contributed by atoms with Crippen molar-refractivity contribution in [2.75, 3.05) is 11.5 Å². The zero-order valence-electron chi connectivity index (χ0n) is 10.9. The average molecular weight is 379 g/mol. The Bertz CT molecular complexity index is 637. The first-order valence-corrected chi connectivity index (χ1v) is 9.58. The molecule has 1 aliphatic heterocycles. The van der Waals surface area contributed by atoms with Gasteiger partial charge in [-0.05, 0) is 47.3 Å². The quantitative estimate of drug-likeness (QED) is 0.644. The second kappa shape index (κ2) is 6.36. The molecule has 0 aromatic carbocycles. The number of rotatable bonds is 4. The van der Waals surface area contributed by atoms with Gasteiger partial charge in [0.1, 0.15) is 0 Å². The van der Waals surface area contributed by atoms with Gasteiger partial charge in [0, 0.05) is 6.42 Å². The van der Waals surface area contributed by atoms with Crippen LogP contribution in [0.2, 0.25) is 0 Å². The fraction of sp³-hybridized carbons (Fsp3) is 0.500. The van der Waals surface area contributed by atoms with Crippen molar-refractivity contribution in [2.45, 2.75) is 19.8 Å². The molecule has 110 valence electrons. The Balaban J connectivity index is 1.86. The van der Waals surface area contributed by atoms with Gasteiger partial charge in [-0.25, -0.2) is 13.8 Å². The summed E-state index contributed by atoms with van der Waals surface area (Å²) in [5.74, 6) is -0.00858. The third-order valence-electron chi connectivity index (χ3n) is 3.08. The van der Waals surface area contributed by atoms with Crippen molar-refractivity contribution < 1.29 is 13.2 Å². The molecule has 0 aliphatic carbocycles. The second-order valence-electron chi connectivity index (χ2n) is 4.81. The number of hydrogen-bond acceptors (Lipinski definition) is 5. The number of hydrogen-bond donors (Lipinski definition) is 1. The maximum Gasteiger partial charge on any atom is 0.240 e. The van der Waals surface area contributed by atoms with Crippen molar-refractivity contribution in [3.8, 4) is 0 Å². The lowest BCUT2D eigenvalue weighted by Crippen LogP contribution is -2.22. The van der Waals surface area contributed by atoms with Crippen molar-refractivity contribution >= 4 is 48.7 Å². The summed E-state index contributed by atoms with van der Waals surface area (Å²) in [6, 6.07) is 3.84. The molecule has 0 spiro atoms. The summed E-state index contributed by atoms with van der Waals surface area (Å²) in [7, 11) is -2.93. The summed E-state index contributed by atoms with van der Waals surface area (Å²) >= 11 is 4.90. The average Bonchev–Trinajstić information content (AvgIpc) is 2.92. The van der Waals surface area contributed by atoms with Crippen LogP contribution in [0.1, 0.15) is 24.6 Å². The molecule has 1 aromatic rings. The fourth-order valence-corrected chi connectivity index (χ4v) is 5.24. The maximum atomic E-state index is 11.7. The van der Waals surface area contributed by atoms with Crippen LogP contribution in [0.4, 0.5) is 0 Å². The van der Waals surface area contributed by atoms with E-state index in [1.54, 1.807) is 0 Å². The van der Waals surface area contributed by atoms with Crippen molar-refractivity contribution in [1.82, 2.24) is 5.43 Å². The van der Waals surface area contributed by atoms with Gasteiger partial charge in [0.05, 0.1) is 25.9 Å². The first-order valence-electron chi connectivity index (χ1n) is 6.15. The highest BCUT2D eigenvalue weighted by Gasteiger charge is 2.29. The molecule has 2 heterocycles. The number of thiophene rings is 1. The van der Waals surface area contributed by atoms with E-state index in [0.29, 0.717) is 6.42 Å². The Morgan fingerprint density at radius 3 is 2.85 bits per heavy atom. The minimum absolute atomic E-state index is 0.0774. The number of nitrogens with one attached hydrogen (secondary N) is 1. The molecule has 1 aliphatic rings. The Morgan fingerprint density at radius 2 is 2.30 bits per heavy atom. The van der Waals surface area contributed by atoms with Gasteiger partial charge in [0.25, 0.3) is 0 Å². The number of sulfone groups is 1. The van der Waals surface area contributed by atoms with E-state index in [-0.39, 0.29) is 29.8 Å². The number of halogens is 1. The molecule has 1 aromatic heterocycles. The van der Waals surface area contributed by atoms with Crippen molar-refractivity contribution in [3.63, 3.8) is 0 Å². The van der Waals surface area contributed by atoms with E-state index < -0.39 is 9.84 Å². The molecule has 1 N–H and O–H groups in total. The molecule has 1 atom stereocenters. The van der Waals surface area contributed by atoms with E-state index in [1.807, 2.05) is 19.1 Å². The van der Waals surface area contributed by atoms with E-state index in [4.69, 9.17) is 0 Å². The minimum atomic E-state index is -2.93. The van der Waals surface area contributed by atoms with Crippen molar-refractivity contribution in [3.05, 3.63) is 20.8 Å². The maximum absolute atomic E-state index is 11.7. The van der Waals surface area contributed by atoms with Gasteiger partial charge < -0.3 is 0 Å². The van der Waals surface area contributed by atoms with Crippen LogP contribution in [0.15, 0.2) is 21.0 Å². The first-order chi connectivity index (χ1) is 9.35. The Kier molecular flexibility index (Phi) is 4.98. The van der Waals surface area contributed by atoms with Crippen LogP contribution in [0, 0.1) is 5.92 Å². The summed E-state index contributed by atoms with van der Waals surface area (Å²) in [4.78, 5) is 12.7. The highest BCUT2D eigenvalue weighted by atomic mass is 79.9. The van der Waals surface area contributed by atoms with Crippen LogP contribution >= 0.6 is 27.3 Å². The Labute approximate surface area is 130 Å². The number of hydrazone groups is 1. The Hall–Kier alpha value is -0.730. The lowest BCUT2D eigenvalue weighted by atomic mass is 10.1. The Morgan fingerprint density at radius 1 is 1.55 bits per heavy atom. The summed E-state index contributed by atoms with van der Waals surface area (Å²) in [6.07, 6.45) is 0.778. The number of nitrogens with zero attached hydrogens (tertiary/aromatic N) is 1. The topological polar surface area (TPSA) is 75.6 Å². The molecule has 5 nitrogen and oxygen atoms in total. The second-order valence-corrected chi connectivity index (χ2v) is 9.50. The molecule has 0 saturated carbocycles. The van der Waals surface area contributed by atoms with Gasteiger partial charge in [-0.3, -0.25) is 4.79 Å². The number of carbonyl (C=O) groups is 1. The van der Waals surface area contributed by atoms with E-state index in [1.165, 1.54) is 11.3 Å². The van der Waals surface area contributed by atoms with Crippen LogP contribution in [0.25, 0.3) is 0 Å². The lowest BCUT2D eigenvalue weighted by Gasteiger charge is -2.06. The SMILES string of the molecule is C/C(=N/NC(=O)C[C@H]1CCS(=O)(=O)C1)c1ccc(Br)s1. The van der Waals surface area contributed by atoms with E-state index in [0.717, 1.165) is 14.4 Å². The number of carbonyl (C=O) groups excluding carboxylic acids is 1. The molecular weight excluding hydrogens is 364 g/mol. The highest BCUT2D eigenvalue weighted by molar-refractivity contribution is 9.11. The van der Waals surface area contributed by atoms with Gasteiger partial charge in [-0.1, -0.05) is 0 Å². The molecule has 2 rings (SSSR count). The zero-order valence-corrected chi connectivity index (χ0v) is 14.1. The van der Waals surface area contributed by atoms with E-state index >= 15 is 0 Å². The first kappa shape index (κ1) is 15.7. The molecule has 8 heteroatoms. The molecule has 0 unspecified atom stereocenters. The third-order valence-corrected chi connectivity index (χ3v) is 6.65. The highest BCUT2D eigenvalue weighted by Crippen LogP contribution is 2.23. The summed E-state index contributed by atoms with van der Waals surface area (Å²) in [6.45, 7) is 1.82. The fourth-order valence-electron chi connectivity index (χ4n) is 2.05. The van der Waals surface area contributed by atoms with Crippen LogP contribution in [0.5, 0.6) is 0 Å². The van der Waals surface area contributed by atoms with E-state index in [2.05, 4.69) is 26.5 Å². The van der Waals surface area contributed by atoms with Gasteiger partial charge in [0.2, 0.25) is 5.91 Å². The molecule has 0 bridgehead atoms. The number of amides is 1. The monoisotopic (exact) mass is 378 g/mol. The van der Waals surface area contributed by atoms with Gasteiger partial charge in [-0.15, -0.1) is 11.3 Å². The predicted molar refractivity (Wildman–Crippen MR) is 83.8 cm³/mol. The predicted octanol–water partition coefficient (Wildman–Crippen LogP) is 2.18. The van der Waals surface area contributed by atoms with Crippen molar-refractivity contribution in [2.24, 2.45) is 11.0 Å². The standard InChI is InChI=1S/C12H15BrN2O3S2/c1-8(10-2-3-11(13)19-10)14-15-12(16)6-9-4-5-20(17,18)7-9/h2-3,9H,4-7H2,1H3,(H,15,16)/b14-8-/t9-/m1/s1. The summed E-state index contributed by atoms with van der Waals surface area (Å²) < 4.78 is 23.6. The molecule has 0 radical (unpaired) electrons. The zero-order chi connectivity index (χ0) is 14.8. The summed E-state index contributed by atoms with van der Waals surface area (Å²) in [5, 5.41) is 4.04. The van der Waals surface area contributed by atoms with Crippen LogP contribution in [0.3, 0.4) is 0 Å². The minimum Gasteiger partial charge on any atom is -0.273 e. The smallest absolute Gasteiger partial charge is 0.240 e.